The van der Waals surface area contributed by atoms with Gasteiger partial charge in [-0.1, -0.05) is 91.0 Å². The quantitative estimate of drug-likeness (QED) is 0.545. The highest BCUT2D eigenvalue weighted by Gasteiger charge is 2.26. The van der Waals surface area contributed by atoms with Crippen LogP contribution in [-0.2, 0) is 0 Å². The van der Waals surface area contributed by atoms with Gasteiger partial charge in [0.15, 0.2) is 0 Å². The molecule has 0 aliphatic heterocycles. The monoisotopic (exact) mass is 294 g/mol. The zero-order valence-electron chi connectivity index (χ0n) is 13.2. The maximum atomic E-state index is 4.40. The minimum Gasteiger partial charge on any atom is -0.0905 e. The van der Waals surface area contributed by atoms with Crippen LogP contribution in [0.3, 0.4) is 0 Å². The molecule has 4 rings (SSSR count). The van der Waals surface area contributed by atoms with E-state index in [9.17, 15) is 0 Å². The summed E-state index contributed by atoms with van der Waals surface area (Å²) in [6, 6.07) is 27.8. The van der Waals surface area contributed by atoms with Crippen LogP contribution in [0.2, 0.25) is 0 Å². The Morgan fingerprint density at radius 2 is 1.17 bits per heavy atom. The Bertz CT molecular complexity index is 913. The van der Waals surface area contributed by atoms with Crippen molar-refractivity contribution in [2.24, 2.45) is 0 Å². The Morgan fingerprint density at radius 1 is 0.609 bits per heavy atom. The highest BCUT2D eigenvalue weighted by atomic mass is 14.3. The molecular formula is C23H18. The average Bonchev–Trinajstić information content (AvgIpc) is 2.88. The first kappa shape index (κ1) is 13.8. The Hall–Kier alpha value is -2.86. The maximum absolute atomic E-state index is 4.40. The van der Waals surface area contributed by atoms with Crippen molar-refractivity contribution in [3.63, 3.8) is 0 Å². The van der Waals surface area contributed by atoms with Crippen molar-refractivity contribution in [1.82, 2.24) is 0 Å². The largest absolute Gasteiger partial charge is 0.0905 e. The Morgan fingerprint density at radius 3 is 1.78 bits per heavy atom. The van der Waals surface area contributed by atoms with E-state index in [1.807, 2.05) is 0 Å². The van der Waals surface area contributed by atoms with Crippen molar-refractivity contribution in [2.45, 2.75) is 6.92 Å². The van der Waals surface area contributed by atoms with Crippen LogP contribution in [0.25, 0.3) is 16.7 Å². The van der Waals surface area contributed by atoms with E-state index in [4.69, 9.17) is 0 Å². The van der Waals surface area contributed by atoms with E-state index in [0.29, 0.717) is 0 Å². The van der Waals surface area contributed by atoms with E-state index in [2.05, 4.69) is 92.4 Å². The fraction of sp³-hybridized carbons (Fsp3) is 0.0435. The number of hydrogen-bond acceptors (Lipinski definition) is 0. The van der Waals surface area contributed by atoms with Crippen LogP contribution in [0.4, 0.5) is 0 Å². The number of fused-ring (bicyclic) bond motifs is 1. The Balaban J connectivity index is 2.06. The molecule has 0 spiro atoms. The number of aryl methyl sites for hydroxylation is 1. The molecule has 0 amide bonds. The van der Waals surface area contributed by atoms with Gasteiger partial charge in [-0.15, -0.1) is 0 Å². The van der Waals surface area contributed by atoms with Crippen LogP contribution in [0.5, 0.6) is 0 Å². The molecule has 0 heterocycles. The molecule has 0 heteroatoms. The normalized spacial score (nSPS) is 13.3. The summed E-state index contributed by atoms with van der Waals surface area (Å²) < 4.78 is 0. The van der Waals surface area contributed by atoms with Crippen molar-refractivity contribution in [1.29, 1.82) is 0 Å². The second-order valence-electron chi connectivity index (χ2n) is 6.01. The van der Waals surface area contributed by atoms with Crippen molar-refractivity contribution in [3.8, 4) is 0 Å². The van der Waals surface area contributed by atoms with E-state index in [-0.39, 0.29) is 0 Å². The third-order valence-corrected chi connectivity index (χ3v) is 4.45. The maximum Gasteiger partial charge on any atom is -0.00205 e. The van der Waals surface area contributed by atoms with Crippen LogP contribution >= 0.6 is 0 Å². The van der Waals surface area contributed by atoms with E-state index in [0.717, 1.165) is 5.57 Å². The predicted molar refractivity (Wildman–Crippen MR) is 99.0 cm³/mol. The molecule has 0 saturated carbocycles. The number of benzene rings is 3. The summed E-state index contributed by atoms with van der Waals surface area (Å²) in [5, 5.41) is 0. The number of rotatable bonds is 2. The molecule has 110 valence electrons. The van der Waals surface area contributed by atoms with Gasteiger partial charge in [-0.25, -0.2) is 0 Å². The molecule has 0 N–H and O–H groups in total. The van der Waals surface area contributed by atoms with Gasteiger partial charge in [0.2, 0.25) is 0 Å². The number of allylic oxidation sites excluding steroid dienone is 2. The minimum absolute atomic E-state index is 1.12. The van der Waals surface area contributed by atoms with Gasteiger partial charge in [0.25, 0.3) is 0 Å². The lowest BCUT2D eigenvalue weighted by Gasteiger charge is -2.10. The minimum atomic E-state index is 1.12. The third-order valence-electron chi connectivity index (χ3n) is 4.45. The fourth-order valence-corrected chi connectivity index (χ4v) is 3.38. The van der Waals surface area contributed by atoms with E-state index >= 15 is 0 Å². The standard InChI is InChI=1S/C23H18/c1-16-13-14-20-17(2)22(18-9-5-3-6-10-18)23(21(20)15-16)19-11-7-4-8-12-19/h3-15H,2H2,1H3. The smallest absolute Gasteiger partial charge is 0.00205 e. The first-order chi connectivity index (χ1) is 11.3. The lowest BCUT2D eigenvalue weighted by molar-refractivity contribution is 1.43. The zero-order chi connectivity index (χ0) is 15.8. The SMILES string of the molecule is C=C1C(c2ccccc2)=C(c2ccccc2)c2cc(C)ccc21. The van der Waals surface area contributed by atoms with Crippen molar-refractivity contribution in [3.05, 3.63) is 113 Å². The third kappa shape index (κ3) is 2.24. The molecule has 0 bridgehead atoms. The molecule has 0 aromatic heterocycles. The van der Waals surface area contributed by atoms with E-state index in [1.54, 1.807) is 0 Å². The summed E-state index contributed by atoms with van der Waals surface area (Å²) in [4.78, 5) is 0. The van der Waals surface area contributed by atoms with Crippen LogP contribution in [0.1, 0.15) is 27.8 Å². The predicted octanol–water partition coefficient (Wildman–Crippen LogP) is 5.98. The molecule has 0 nitrogen and oxygen atoms in total. The van der Waals surface area contributed by atoms with Gasteiger partial charge in [0.05, 0.1) is 0 Å². The van der Waals surface area contributed by atoms with Gasteiger partial charge >= 0.3 is 0 Å². The van der Waals surface area contributed by atoms with Gasteiger partial charge in [0, 0.05) is 0 Å². The van der Waals surface area contributed by atoms with Gasteiger partial charge in [-0.2, -0.15) is 0 Å². The van der Waals surface area contributed by atoms with Gasteiger partial charge in [-0.3, -0.25) is 0 Å². The molecule has 0 saturated heterocycles. The second-order valence-corrected chi connectivity index (χ2v) is 6.01. The van der Waals surface area contributed by atoms with Gasteiger partial charge < -0.3 is 0 Å². The zero-order valence-corrected chi connectivity index (χ0v) is 13.2. The summed E-state index contributed by atoms with van der Waals surface area (Å²) >= 11 is 0. The van der Waals surface area contributed by atoms with Crippen molar-refractivity contribution >= 4 is 16.7 Å². The molecule has 1 aliphatic carbocycles. The average molecular weight is 294 g/mol. The number of hydrogen-bond donors (Lipinski definition) is 0. The highest BCUT2D eigenvalue weighted by Crippen LogP contribution is 2.48. The molecule has 3 aromatic carbocycles. The molecular weight excluding hydrogens is 276 g/mol. The molecule has 0 atom stereocenters. The topological polar surface area (TPSA) is 0 Å². The molecule has 23 heavy (non-hydrogen) atoms. The Labute approximate surface area is 137 Å². The van der Waals surface area contributed by atoms with Crippen LogP contribution in [0, 0.1) is 6.92 Å². The van der Waals surface area contributed by atoms with E-state index < -0.39 is 0 Å². The summed E-state index contributed by atoms with van der Waals surface area (Å²) in [5.41, 5.74) is 9.94. The van der Waals surface area contributed by atoms with E-state index in [1.165, 1.54) is 39.0 Å². The molecule has 3 aromatic rings. The molecule has 0 radical (unpaired) electrons. The first-order valence-corrected chi connectivity index (χ1v) is 7.91. The fourth-order valence-electron chi connectivity index (χ4n) is 3.38. The highest BCUT2D eigenvalue weighted by molar-refractivity contribution is 6.23. The summed E-state index contributed by atoms with van der Waals surface area (Å²) in [5.74, 6) is 0. The van der Waals surface area contributed by atoms with Crippen molar-refractivity contribution < 1.29 is 0 Å². The van der Waals surface area contributed by atoms with Crippen LogP contribution < -0.4 is 0 Å². The summed E-state index contributed by atoms with van der Waals surface area (Å²) in [6.07, 6.45) is 0. The molecule has 1 aliphatic rings. The molecule has 0 unspecified atom stereocenters. The van der Waals surface area contributed by atoms with Gasteiger partial charge in [-0.05, 0) is 45.9 Å². The Kier molecular flexibility index (Phi) is 3.24. The second kappa shape index (κ2) is 5.40. The first-order valence-electron chi connectivity index (χ1n) is 7.91. The van der Waals surface area contributed by atoms with Crippen molar-refractivity contribution in [2.75, 3.05) is 0 Å². The lowest BCUT2D eigenvalue weighted by Crippen LogP contribution is -1.89. The van der Waals surface area contributed by atoms with Crippen LogP contribution in [0.15, 0.2) is 85.4 Å². The van der Waals surface area contributed by atoms with Gasteiger partial charge in [0.1, 0.15) is 0 Å². The molecule has 0 fully saturated rings. The lowest BCUT2D eigenvalue weighted by atomic mass is 9.93. The summed E-state index contributed by atoms with van der Waals surface area (Å²) in [6.45, 7) is 6.55. The van der Waals surface area contributed by atoms with Crippen LogP contribution in [-0.4, -0.2) is 0 Å². The summed E-state index contributed by atoms with van der Waals surface area (Å²) in [7, 11) is 0.